The molecule has 0 unspecified atom stereocenters. The van der Waals surface area contributed by atoms with Gasteiger partial charge in [0.15, 0.2) is 0 Å². The molecule has 1 heterocycles. The molecule has 0 spiro atoms. The van der Waals surface area contributed by atoms with Crippen LogP contribution in [0.25, 0.3) is 0 Å². The third-order valence-electron chi connectivity index (χ3n) is 2.70. The van der Waals surface area contributed by atoms with E-state index < -0.39 is 10.0 Å². The first-order valence-electron chi connectivity index (χ1n) is 5.67. The van der Waals surface area contributed by atoms with Crippen LogP contribution in [-0.2, 0) is 16.6 Å². The lowest BCUT2D eigenvalue weighted by atomic mass is 10.2. The molecule has 0 amide bonds. The van der Waals surface area contributed by atoms with Crippen LogP contribution < -0.4 is 0 Å². The second-order valence-corrected chi connectivity index (χ2v) is 7.81. The molecule has 0 N–H and O–H groups in total. The lowest BCUT2D eigenvalue weighted by Crippen LogP contribution is -2.25. The number of aryl methyl sites for hydroxylation is 1. The molecule has 2 aromatic rings. The zero-order valence-electron chi connectivity index (χ0n) is 10.6. The van der Waals surface area contributed by atoms with Crippen LogP contribution in [-0.4, -0.2) is 19.8 Å². The number of rotatable bonds is 4. The predicted molar refractivity (Wildman–Crippen MR) is 74.1 cm³/mol. The van der Waals surface area contributed by atoms with Crippen molar-refractivity contribution in [2.24, 2.45) is 0 Å². The predicted octanol–water partition coefficient (Wildman–Crippen LogP) is 3.02. The maximum atomic E-state index is 12.8. The Morgan fingerprint density at radius 1 is 1.16 bits per heavy atom. The second-order valence-electron chi connectivity index (χ2n) is 4.25. The van der Waals surface area contributed by atoms with Gasteiger partial charge in [0.05, 0.1) is 0 Å². The summed E-state index contributed by atoms with van der Waals surface area (Å²) in [7, 11) is -1.95. The topological polar surface area (TPSA) is 37.4 Å². The fourth-order valence-corrected chi connectivity index (χ4v) is 4.29. The van der Waals surface area contributed by atoms with Crippen molar-refractivity contribution < 1.29 is 12.8 Å². The molecule has 0 radical (unpaired) electrons. The van der Waals surface area contributed by atoms with Crippen LogP contribution in [0.15, 0.2) is 40.6 Å². The van der Waals surface area contributed by atoms with Gasteiger partial charge < -0.3 is 0 Å². The van der Waals surface area contributed by atoms with E-state index in [0.717, 1.165) is 10.4 Å². The maximum absolute atomic E-state index is 12.8. The lowest BCUT2D eigenvalue weighted by Gasteiger charge is -2.16. The first-order chi connectivity index (χ1) is 8.89. The average molecular weight is 299 g/mol. The highest BCUT2D eigenvalue weighted by Gasteiger charge is 2.22. The summed E-state index contributed by atoms with van der Waals surface area (Å²) in [6.45, 7) is 2.09. The number of halogens is 1. The molecule has 1 aromatic heterocycles. The van der Waals surface area contributed by atoms with Crippen LogP contribution in [0.3, 0.4) is 0 Å². The molecular weight excluding hydrogens is 285 g/mol. The van der Waals surface area contributed by atoms with Gasteiger partial charge in [-0.1, -0.05) is 12.1 Å². The molecule has 2 rings (SSSR count). The normalized spacial score (nSPS) is 12.0. The van der Waals surface area contributed by atoms with Crippen molar-refractivity contribution in [3.63, 3.8) is 0 Å². The highest BCUT2D eigenvalue weighted by molar-refractivity contribution is 7.91. The Balaban J connectivity index is 2.19. The zero-order chi connectivity index (χ0) is 14.0. The minimum Gasteiger partial charge on any atom is -0.207 e. The van der Waals surface area contributed by atoms with Gasteiger partial charge >= 0.3 is 0 Å². The molecule has 102 valence electrons. The van der Waals surface area contributed by atoms with Crippen LogP contribution in [0.5, 0.6) is 0 Å². The number of thiophene rings is 1. The Bertz CT molecular complexity index is 662. The molecule has 19 heavy (non-hydrogen) atoms. The molecule has 0 bridgehead atoms. The monoisotopic (exact) mass is 299 g/mol. The summed E-state index contributed by atoms with van der Waals surface area (Å²) >= 11 is 1.25. The van der Waals surface area contributed by atoms with Crippen LogP contribution in [0.4, 0.5) is 4.39 Å². The molecule has 0 aliphatic heterocycles. The first kappa shape index (κ1) is 14.2. The van der Waals surface area contributed by atoms with Crippen molar-refractivity contribution in [1.82, 2.24) is 4.31 Å². The molecule has 0 fully saturated rings. The number of hydrogen-bond donors (Lipinski definition) is 0. The maximum Gasteiger partial charge on any atom is 0.252 e. The Labute approximate surface area is 116 Å². The van der Waals surface area contributed by atoms with Gasteiger partial charge in [0.25, 0.3) is 10.0 Å². The second kappa shape index (κ2) is 5.40. The van der Waals surface area contributed by atoms with Gasteiger partial charge in [0.2, 0.25) is 0 Å². The summed E-state index contributed by atoms with van der Waals surface area (Å²) in [6.07, 6.45) is 0. The lowest BCUT2D eigenvalue weighted by molar-refractivity contribution is 0.468. The first-order valence-corrected chi connectivity index (χ1v) is 7.92. The molecule has 0 aliphatic rings. The standard InChI is InChI=1S/C13H14FNO2S2/c1-10-3-8-13(18-10)19(16,17)15(2)9-11-4-6-12(14)7-5-11/h3-8H,9H2,1-2H3. The van der Waals surface area contributed by atoms with Crippen LogP contribution in [0.2, 0.25) is 0 Å². The van der Waals surface area contributed by atoms with E-state index in [-0.39, 0.29) is 12.4 Å². The van der Waals surface area contributed by atoms with E-state index in [1.165, 1.54) is 34.8 Å². The van der Waals surface area contributed by atoms with Gasteiger partial charge in [-0.3, -0.25) is 0 Å². The van der Waals surface area contributed by atoms with E-state index in [1.54, 1.807) is 24.3 Å². The third kappa shape index (κ3) is 3.20. The van der Waals surface area contributed by atoms with Crippen molar-refractivity contribution in [2.75, 3.05) is 7.05 Å². The van der Waals surface area contributed by atoms with E-state index in [4.69, 9.17) is 0 Å². The minimum atomic E-state index is -3.47. The van der Waals surface area contributed by atoms with Crippen molar-refractivity contribution in [2.45, 2.75) is 17.7 Å². The smallest absolute Gasteiger partial charge is 0.207 e. The molecule has 1 aromatic carbocycles. The minimum absolute atomic E-state index is 0.222. The van der Waals surface area contributed by atoms with Gasteiger partial charge in [0, 0.05) is 18.5 Å². The van der Waals surface area contributed by atoms with Crippen molar-refractivity contribution in [3.05, 3.63) is 52.7 Å². The fraction of sp³-hybridized carbons (Fsp3) is 0.231. The summed E-state index contributed by atoms with van der Waals surface area (Å²) < 4.78 is 39.0. The van der Waals surface area contributed by atoms with Crippen LogP contribution >= 0.6 is 11.3 Å². The Hall–Kier alpha value is -1.24. The molecule has 6 heteroatoms. The number of sulfonamides is 1. The molecular formula is C13H14FNO2S2. The molecule has 0 saturated carbocycles. The number of hydrogen-bond acceptors (Lipinski definition) is 3. The van der Waals surface area contributed by atoms with Crippen molar-refractivity contribution in [1.29, 1.82) is 0 Å². The Morgan fingerprint density at radius 3 is 2.32 bits per heavy atom. The third-order valence-corrected chi connectivity index (χ3v) is 5.97. The molecule has 0 atom stereocenters. The van der Waals surface area contributed by atoms with E-state index in [9.17, 15) is 12.8 Å². The molecule has 3 nitrogen and oxygen atoms in total. The summed E-state index contributed by atoms with van der Waals surface area (Å²) in [6, 6.07) is 9.21. The van der Waals surface area contributed by atoms with Crippen molar-refractivity contribution >= 4 is 21.4 Å². The van der Waals surface area contributed by atoms with Crippen molar-refractivity contribution in [3.8, 4) is 0 Å². The summed E-state index contributed by atoms with van der Waals surface area (Å²) in [4.78, 5) is 0.953. The fourth-order valence-electron chi connectivity index (χ4n) is 1.64. The van der Waals surface area contributed by atoms with Gasteiger partial charge in [-0.25, -0.2) is 12.8 Å². The van der Waals surface area contributed by atoms with Gasteiger partial charge in [-0.2, -0.15) is 4.31 Å². The van der Waals surface area contributed by atoms with Gasteiger partial charge in [0.1, 0.15) is 10.0 Å². The quantitative estimate of drug-likeness (QED) is 0.870. The number of nitrogens with zero attached hydrogens (tertiary/aromatic N) is 1. The number of benzene rings is 1. The van der Waals surface area contributed by atoms with E-state index >= 15 is 0 Å². The van der Waals surface area contributed by atoms with E-state index in [0.29, 0.717) is 4.21 Å². The van der Waals surface area contributed by atoms with Gasteiger partial charge in [-0.15, -0.1) is 11.3 Å². The summed E-state index contributed by atoms with van der Waals surface area (Å²) in [5.41, 5.74) is 0.751. The summed E-state index contributed by atoms with van der Waals surface area (Å²) in [5.74, 6) is -0.330. The summed E-state index contributed by atoms with van der Waals surface area (Å²) in [5, 5.41) is 0. The zero-order valence-corrected chi connectivity index (χ0v) is 12.3. The molecule has 0 aliphatic carbocycles. The van der Waals surface area contributed by atoms with E-state index in [2.05, 4.69) is 0 Å². The van der Waals surface area contributed by atoms with Gasteiger partial charge in [-0.05, 0) is 36.8 Å². The Kier molecular flexibility index (Phi) is 4.03. The highest BCUT2D eigenvalue weighted by atomic mass is 32.2. The molecule has 0 saturated heterocycles. The SMILES string of the molecule is Cc1ccc(S(=O)(=O)N(C)Cc2ccc(F)cc2)s1. The largest absolute Gasteiger partial charge is 0.252 e. The average Bonchev–Trinajstić information content (AvgIpc) is 2.79. The highest BCUT2D eigenvalue weighted by Crippen LogP contribution is 2.24. The van der Waals surface area contributed by atoms with Crippen LogP contribution in [0.1, 0.15) is 10.4 Å². The Morgan fingerprint density at radius 2 is 1.79 bits per heavy atom. The van der Waals surface area contributed by atoms with E-state index in [1.807, 2.05) is 6.92 Å². The van der Waals surface area contributed by atoms with Crippen LogP contribution in [0, 0.1) is 12.7 Å².